The van der Waals surface area contributed by atoms with Crippen LogP contribution in [0.3, 0.4) is 0 Å². The van der Waals surface area contributed by atoms with Gasteiger partial charge in [0.25, 0.3) is 0 Å². The second-order valence-electron chi connectivity index (χ2n) is 35.3. The highest BCUT2D eigenvalue weighted by atomic mass is 14.7. The van der Waals surface area contributed by atoms with Gasteiger partial charge in [0.15, 0.2) is 0 Å². The summed E-state index contributed by atoms with van der Waals surface area (Å²) in [5.41, 5.74) is 30.2. The minimum Gasteiger partial charge on any atom is -0.265 e. The van der Waals surface area contributed by atoms with Crippen molar-refractivity contribution < 1.29 is 0 Å². The summed E-state index contributed by atoms with van der Waals surface area (Å²) >= 11 is 0. The molecule has 0 bridgehead atoms. The summed E-state index contributed by atoms with van der Waals surface area (Å²) in [6, 6.07) is 172. The lowest BCUT2D eigenvalue weighted by Crippen LogP contribution is -1.94. The zero-order chi connectivity index (χ0) is 91.4. The van der Waals surface area contributed by atoms with Gasteiger partial charge in [-0.1, -0.05) is 413 Å². The van der Waals surface area contributed by atoms with E-state index in [1.165, 1.54) is 148 Å². The highest BCUT2D eigenvalue weighted by Gasteiger charge is 2.24. The zero-order valence-electron chi connectivity index (χ0n) is 75.2. The average molecular weight is 1750 g/mol. The second-order valence-corrected chi connectivity index (χ2v) is 35.3. The Kier molecular flexibility index (Phi) is 20.9. The smallest absolute Gasteiger partial charge is 0.0794 e. The van der Waals surface area contributed by atoms with Crippen molar-refractivity contribution in [3.63, 3.8) is 0 Å². The maximum absolute atomic E-state index is 5.43. The van der Waals surface area contributed by atoms with Gasteiger partial charge in [-0.3, -0.25) is 15.0 Å². The van der Waals surface area contributed by atoms with Gasteiger partial charge in [0.1, 0.15) is 0 Å². The van der Waals surface area contributed by atoms with Crippen LogP contribution < -0.4 is 0 Å². The van der Waals surface area contributed by atoms with Crippen LogP contribution in [0.1, 0.15) is 0 Å². The quantitative estimate of drug-likeness (QED) is 0.113. The van der Waals surface area contributed by atoms with Crippen LogP contribution in [0.25, 0.3) is 264 Å². The third-order valence-corrected chi connectivity index (χ3v) is 27.4. The highest BCUT2D eigenvalue weighted by Crippen LogP contribution is 2.49. The summed E-state index contributed by atoms with van der Waals surface area (Å²) in [5, 5.41) is 25.3. The molecule has 0 amide bonds. The van der Waals surface area contributed by atoms with Crippen LogP contribution in [0, 0.1) is 0 Å². The Morgan fingerprint density at radius 2 is 0.370 bits per heavy atom. The fraction of sp³-hybridized carbons (Fsp3) is 0. The molecule has 642 valence electrons. The lowest BCUT2D eigenvalue weighted by molar-refractivity contribution is 1.32. The molecule has 0 saturated carbocycles. The molecule has 0 atom stereocenters. The molecule has 0 saturated heterocycles. The van der Waals surface area contributed by atoms with Crippen molar-refractivity contribution in [1.82, 2.24) is 29.9 Å². The first-order valence-electron chi connectivity index (χ1n) is 47.0. The molecule has 6 nitrogen and oxygen atoms in total. The molecule has 6 aromatic heterocycles. The molecule has 0 aliphatic heterocycles. The summed E-state index contributed by atoms with van der Waals surface area (Å²) in [5.74, 6) is 0. The Morgan fingerprint density at radius 3 is 0.659 bits per heavy atom. The number of aromatic nitrogens is 6. The fourth-order valence-corrected chi connectivity index (χ4v) is 20.8. The fourth-order valence-electron chi connectivity index (χ4n) is 20.8. The van der Waals surface area contributed by atoms with Gasteiger partial charge in [0, 0.05) is 85.6 Å². The second kappa shape index (κ2) is 35.3. The van der Waals surface area contributed by atoms with Gasteiger partial charge in [0.05, 0.1) is 39.3 Å². The largest absolute Gasteiger partial charge is 0.265 e. The Hall–Kier alpha value is -18.4. The predicted molar refractivity (Wildman–Crippen MR) is 581 cm³/mol. The Labute approximate surface area is 798 Å². The Bertz CT molecular complexity index is 8540. The molecule has 0 aliphatic rings. The molecular formula is C132H84N6. The van der Waals surface area contributed by atoms with Crippen molar-refractivity contribution in [1.29, 1.82) is 0 Å². The molecular weight excluding hydrogens is 1670 g/mol. The molecule has 21 aromatic carbocycles. The van der Waals surface area contributed by atoms with E-state index in [0.717, 1.165) is 116 Å². The van der Waals surface area contributed by atoms with Crippen LogP contribution in [0.4, 0.5) is 0 Å². The lowest BCUT2D eigenvalue weighted by Gasteiger charge is -2.17. The average Bonchev–Trinajstić information content (AvgIpc) is 0.737. The molecule has 0 radical (unpaired) electrons. The van der Waals surface area contributed by atoms with Crippen molar-refractivity contribution in [3.05, 3.63) is 510 Å². The van der Waals surface area contributed by atoms with E-state index in [4.69, 9.17) is 15.0 Å². The molecule has 138 heavy (non-hydrogen) atoms. The van der Waals surface area contributed by atoms with Crippen LogP contribution in [0.5, 0.6) is 0 Å². The van der Waals surface area contributed by atoms with E-state index < -0.39 is 0 Å². The summed E-state index contributed by atoms with van der Waals surface area (Å²) < 4.78 is 0. The molecule has 0 spiro atoms. The van der Waals surface area contributed by atoms with Gasteiger partial charge in [-0.25, -0.2) is 15.0 Å². The van der Waals surface area contributed by atoms with E-state index in [9.17, 15) is 0 Å². The zero-order valence-corrected chi connectivity index (χ0v) is 75.2. The maximum atomic E-state index is 5.43. The molecule has 27 rings (SSSR count). The monoisotopic (exact) mass is 1750 g/mol. The Morgan fingerprint density at radius 1 is 0.123 bits per heavy atom. The van der Waals surface area contributed by atoms with Gasteiger partial charge in [0.2, 0.25) is 0 Å². The molecule has 6 heteroatoms. The number of hydrogen-bond donors (Lipinski definition) is 0. The summed E-state index contributed by atoms with van der Waals surface area (Å²) in [7, 11) is 0. The highest BCUT2D eigenvalue weighted by molar-refractivity contribution is 6.24. The standard InChI is InChI=1S/3C44H28N2/c1-3-15-34-30(10-1)12-7-19-36(34)40-26-42-41(37-20-8-13-31-11-2-4-16-35(31)37)27-43(46-44(42)39-18-6-5-17-38(39)40)32-23-21-29(22-24-32)33-14-9-25-45-28-33;1-3-13-34-31(9-1)11-7-17-36(34)40-27-42-41(37-18-8-12-32-10-2-4-14-35(32)37)28-43(46-44(42)39-16-6-5-15-38(39)40)33-21-19-29(20-22-33)30-23-25-45-26-24-30;1-3-15-33-29(11-1)13-9-19-35(33)39-27-41-40(36-20-10-14-30-12-2-4-16-34(30)36)28-43(46-44(41)38-18-6-5-17-37(38)39)32-24-22-31(23-25-32)42-21-7-8-26-45-42/h3*1-28H. The normalized spacial score (nSPS) is 11.5. The number of nitrogens with zero attached hydrogens (tertiary/aromatic N) is 6. The van der Waals surface area contributed by atoms with E-state index in [0.29, 0.717) is 0 Å². The van der Waals surface area contributed by atoms with Crippen LogP contribution in [-0.2, 0) is 0 Å². The summed E-state index contributed by atoms with van der Waals surface area (Å²) in [6.07, 6.45) is 9.22. The van der Waals surface area contributed by atoms with Gasteiger partial charge in [-0.05, 0) is 237 Å². The first-order chi connectivity index (χ1) is 68.4. The van der Waals surface area contributed by atoms with E-state index in [1.807, 2.05) is 67.4 Å². The van der Waals surface area contributed by atoms with Crippen LogP contribution in [0.2, 0.25) is 0 Å². The summed E-state index contributed by atoms with van der Waals surface area (Å²) in [4.78, 5) is 29.3. The van der Waals surface area contributed by atoms with E-state index in [2.05, 4.69) is 458 Å². The molecule has 6 heterocycles. The number of fused-ring (bicyclic) bond motifs is 15. The molecule has 27 aromatic rings. The van der Waals surface area contributed by atoms with Crippen molar-refractivity contribution in [2.75, 3.05) is 0 Å². The minimum atomic E-state index is 0.950. The van der Waals surface area contributed by atoms with Gasteiger partial charge in [-0.2, -0.15) is 0 Å². The first-order valence-corrected chi connectivity index (χ1v) is 47.0. The maximum Gasteiger partial charge on any atom is 0.0794 e. The van der Waals surface area contributed by atoms with Gasteiger partial charge in [-0.15, -0.1) is 0 Å². The third-order valence-electron chi connectivity index (χ3n) is 27.4. The topological polar surface area (TPSA) is 77.3 Å². The van der Waals surface area contributed by atoms with Crippen molar-refractivity contribution in [2.24, 2.45) is 0 Å². The number of hydrogen-bond acceptors (Lipinski definition) is 6. The third kappa shape index (κ3) is 15.0. The lowest BCUT2D eigenvalue weighted by atomic mass is 9.88. The first kappa shape index (κ1) is 81.6. The number of rotatable bonds is 12. The van der Waals surface area contributed by atoms with Crippen LogP contribution in [0.15, 0.2) is 510 Å². The molecule has 0 N–H and O–H groups in total. The Balaban J connectivity index is 0.000000110. The summed E-state index contributed by atoms with van der Waals surface area (Å²) in [6.45, 7) is 0. The molecule has 0 aliphatic carbocycles. The van der Waals surface area contributed by atoms with Crippen LogP contribution >= 0.6 is 0 Å². The SMILES string of the molecule is c1ccc(-c2ccc(-c3cc(-c4cccc5ccccc45)c4cc(-c5cccc6ccccc56)c5ccccc5c4n3)cc2)nc1.c1ccc2c(-c3cc4c(-c5cccc6ccccc56)cc(-c5ccc(-c6ccncc6)cc5)nc4c4ccccc34)cccc2c1.c1cncc(-c2ccc(-c3cc(-c4cccc5ccccc45)c4cc(-c5cccc6ccccc56)c5ccccc5c4n3)cc2)c1. The number of benzene rings is 21. The van der Waals surface area contributed by atoms with Crippen molar-refractivity contribution in [3.8, 4) is 134 Å². The van der Waals surface area contributed by atoms with Gasteiger partial charge >= 0.3 is 0 Å². The number of pyridine rings is 6. The van der Waals surface area contributed by atoms with Crippen molar-refractivity contribution >= 4 is 130 Å². The van der Waals surface area contributed by atoms with E-state index >= 15 is 0 Å². The molecule has 0 unspecified atom stereocenters. The van der Waals surface area contributed by atoms with Crippen LogP contribution in [-0.4, -0.2) is 29.9 Å². The molecule has 0 fully saturated rings. The van der Waals surface area contributed by atoms with Gasteiger partial charge < -0.3 is 0 Å². The minimum absolute atomic E-state index is 0.950. The van der Waals surface area contributed by atoms with E-state index in [1.54, 1.807) is 0 Å². The van der Waals surface area contributed by atoms with E-state index in [-0.39, 0.29) is 0 Å². The predicted octanol–water partition coefficient (Wildman–Crippen LogP) is 35.3. The van der Waals surface area contributed by atoms with Crippen molar-refractivity contribution in [2.45, 2.75) is 0 Å².